The third-order valence-corrected chi connectivity index (χ3v) is 2.44. The molecule has 2 rings (SSSR count). The number of nitrogens with two attached hydrogens (primary N) is 1. The highest BCUT2D eigenvalue weighted by Gasteiger charge is 2.15. The molecule has 0 spiro atoms. The molecule has 0 fully saturated rings. The maximum atomic E-state index is 11.3. The number of benzene rings is 2. The highest BCUT2D eigenvalue weighted by molar-refractivity contribution is 5.94. The van der Waals surface area contributed by atoms with Gasteiger partial charge in [0.2, 0.25) is 0 Å². The number of carbonyl (C=O) groups is 1. The number of amides is 1. The minimum absolute atomic E-state index is 0.165. The first kappa shape index (κ1) is 11.8. The smallest absolute Gasteiger partial charge is 0.416 e. The largest absolute Gasteiger partial charge is 0.872 e. The normalized spacial score (nSPS) is 10.0. The summed E-state index contributed by atoms with van der Waals surface area (Å²) in [5.74, 6) is -0.165. The average Bonchev–Trinajstić information content (AvgIpc) is 2.34. The summed E-state index contributed by atoms with van der Waals surface area (Å²) in [7, 11) is 0. The molecule has 0 saturated carbocycles. The molecule has 0 bridgehead atoms. The molecular formula is C13H11N2O3-. The molecule has 0 heterocycles. The number of hydrogen-bond donors (Lipinski definition) is 2. The monoisotopic (exact) mass is 243 g/mol. The van der Waals surface area contributed by atoms with Crippen molar-refractivity contribution in [2.75, 3.05) is 10.6 Å². The molecule has 1 amide bonds. The molecule has 0 atom stereocenters. The Labute approximate surface area is 104 Å². The standard InChI is InChI=1S/C13H12N2O3/c14-9-1-3-10(4-2-9)15(13(17)18)11-5-7-12(16)8-6-11/h1-8,16H,14H2,(H,17,18)/p-1. The fourth-order valence-corrected chi connectivity index (χ4v) is 1.59. The predicted octanol–water partition coefficient (Wildman–Crippen LogP) is 2.16. The molecule has 92 valence electrons. The third-order valence-electron chi connectivity index (χ3n) is 2.44. The van der Waals surface area contributed by atoms with Crippen LogP contribution in [0.25, 0.3) is 0 Å². The molecule has 0 aliphatic carbocycles. The molecule has 2 aromatic carbocycles. The quantitative estimate of drug-likeness (QED) is 0.791. The molecule has 2 aromatic rings. The summed E-state index contributed by atoms with van der Waals surface area (Å²) in [4.78, 5) is 12.4. The fourth-order valence-electron chi connectivity index (χ4n) is 1.59. The number of rotatable bonds is 2. The van der Waals surface area contributed by atoms with Gasteiger partial charge in [-0.3, -0.25) is 0 Å². The van der Waals surface area contributed by atoms with Gasteiger partial charge in [-0.2, -0.15) is 0 Å². The molecular weight excluding hydrogens is 232 g/mol. The number of nitrogen functional groups attached to an aromatic ring is 1. The van der Waals surface area contributed by atoms with E-state index in [0.29, 0.717) is 17.1 Å². The second-order valence-electron chi connectivity index (χ2n) is 3.70. The van der Waals surface area contributed by atoms with Crippen molar-refractivity contribution in [1.82, 2.24) is 0 Å². The van der Waals surface area contributed by atoms with Crippen LogP contribution in [0.5, 0.6) is 5.75 Å². The fraction of sp³-hybridized carbons (Fsp3) is 0. The molecule has 5 nitrogen and oxygen atoms in total. The summed E-state index contributed by atoms with van der Waals surface area (Å²) in [6.07, 6.45) is -1.13. The van der Waals surface area contributed by atoms with Gasteiger partial charge in [0, 0.05) is 5.69 Å². The SMILES string of the molecule is Nc1ccc(N(C(=O)O)c2ccc([O-])cc2)cc1. The van der Waals surface area contributed by atoms with Crippen LogP contribution in [0.4, 0.5) is 21.9 Å². The summed E-state index contributed by atoms with van der Waals surface area (Å²) >= 11 is 0. The van der Waals surface area contributed by atoms with Crippen LogP contribution in [0, 0.1) is 0 Å². The first-order valence-corrected chi connectivity index (χ1v) is 5.23. The Kier molecular flexibility index (Phi) is 3.05. The molecule has 0 saturated heterocycles. The number of hydrogen-bond acceptors (Lipinski definition) is 3. The zero-order valence-corrected chi connectivity index (χ0v) is 9.41. The maximum Gasteiger partial charge on any atom is 0.416 e. The zero-order valence-electron chi connectivity index (χ0n) is 9.41. The van der Waals surface area contributed by atoms with E-state index in [0.717, 1.165) is 4.90 Å². The Bertz CT molecular complexity index is 504. The van der Waals surface area contributed by atoms with Crippen molar-refractivity contribution in [3.05, 3.63) is 48.5 Å². The summed E-state index contributed by atoms with van der Waals surface area (Å²) in [6.45, 7) is 0. The lowest BCUT2D eigenvalue weighted by atomic mass is 10.2. The predicted molar refractivity (Wildman–Crippen MR) is 66.9 cm³/mol. The summed E-state index contributed by atoms with van der Waals surface area (Å²) in [5.41, 5.74) is 6.99. The van der Waals surface area contributed by atoms with Gasteiger partial charge in [-0.1, -0.05) is 12.1 Å². The van der Waals surface area contributed by atoms with Gasteiger partial charge < -0.3 is 15.9 Å². The van der Waals surface area contributed by atoms with E-state index in [2.05, 4.69) is 0 Å². The van der Waals surface area contributed by atoms with Gasteiger partial charge in [0.25, 0.3) is 0 Å². The minimum atomic E-state index is -1.13. The van der Waals surface area contributed by atoms with Crippen molar-refractivity contribution >= 4 is 23.2 Å². The summed E-state index contributed by atoms with van der Waals surface area (Å²) < 4.78 is 0. The average molecular weight is 243 g/mol. The van der Waals surface area contributed by atoms with Crippen molar-refractivity contribution in [3.8, 4) is 5.75 Å². The topological polar surface area (TPSA) is 89.6 Å². The van der Waals surface area contributed by atoms with Gasteiger partial charge in [0.1, 0.15) is 0 Å². The lowest BCUT2D eigenvalue weighted by Gasteiger charge is -2.20. The summed E-state index contributed by atoms with van der Waals surface area (Å²) in [5, 5.41) is 20.2. The second kappa shape index (κ2) is 4.67. The van der Waals surface area contributed by atoms with Gasteiger partial charge in [0.15, 0.2) is 0 Å². The van der Waals surface area contributed by atoms with Crippen LogP contribution in [0.2, 0.25) is 0 Å². The molecule has 0 aliphatic rings. The van der Waals surface area contributed by atoms with Crippen LogP contribution >= 0.6 is 0 Å². The highest BCUT2D eigenvalue weighted by Crippen LogP contribution is 2.27. The summed E-state index contributed by atoms with van der Waals surface area (Å²) in [6, 6.07) is 12.0. The van der Waals surface area contributed by atoms with Crippen LogP contribution in [0.1, 0.15) is 0 Å². The molecule has 0 unspecified atom stereocenters. The number of anilines is 3. The Morgan fingerprint density at radius 3 is 1.89 bits per heavy atom. The lowest BCUT2D eigenvalue weighted by molar-refractivity contribution is -0.268. The van der Waals surface area contributed by atoms with Gasteiger partial charge >= 0.3 is 6.09 Å². The van der Waals surface area contributed by atoms with Crippen LogP contribution in [0.3, 0.4) is 0 Å². The van der Waals surface area contributed by atoms with Crippen LogP contribution in [-0.2, 0) is 0 Å². The van der Waals surface area contributed by atoms with Crippen LogP contribution < -0.4 is 15.7 Å². The lowest BCUT2D eigenvalue weighted by Crippen LogP contribution is -2.23. The molecule has 0 aromatic heterocycles. The zero-order chi connectivity index (χ0) is 13.1. The van der Waals surface area contributed by atoms with Crippen LogP contribution in [0.15, 0.2) is 48.5 Å². The van der Waals surface area contributed by atoms with Crippen molar-refractivity contribution in [2.45, 2.75) is 0 Å². The van der Waals surface area contributed by atoms with E-state index in [4.69, 9.17) is 5.73 Å². The maximum absolute atomic E-state index is 11.3. The first-order valence-electron chi connectivity index (χ1n) is 5.23. The van der Waals surface area contributed by atoms with E-state index < -0.39 is 6.09 Å². The van der Waals surface area contributed by atoms with E-state index in [-0.39, 0.29) is 5.75 Å². The third kappa shape index (κ3) is 2.35. The minimum Gasteiger partial charge on any atom is -0.872 e. The first-order chi connectivity index (χ1) is 8.58. The van der Waals surface area contributed by atoms with E-state index in [9.17, 15) is 15.0 Å². The van der Waals surface area contributed by atoms with E-state index in [1.165, 1.54) is 24.3 Å². The van der Waals surface area contributed by atoms with E-state index >= 15 is 0 Å². The van der Waals surface area contributed by atoms with Gasteiger partial charge in [-0.15, -0.1) is 5.75 Å². The van der Waals surface area contributed by atoms with Gasteiger partial charge in [-0.05, 0) is 36.4 Å². The molecule has 3 N–H and O–H groups in total. The Hall–Kier alpha value is -2.69. The Morgan fingerprint density at radius 1 is 1.00 bits per heavy atom. The second-order valence-corrected chi connectivity index (χ2v) is 3.70. The van der Waals surface area contributed by atoms with Crippen LogP contribution in [-0.4, -0.2) is 11.2 Å². The van der Waals surface area contributed by atoms with Crippen molar-refractivity contribution in [1.29, 1.82) is 0 Å². The van der Waals surface area contributed by atoms with Crippen molar-refractivity contribution in [3.63, 3.8) is 0 Å². The van der Waals surface area contributed by atoms with E-state index in [1.807, 2.05) is 0 Å². The van der Waals surface area contributed by atoms with Crippen molar-refractivity contribution < 1.29 is 15.0 Å². The van der Waals surface area contributed by atoms with Gasteiger partial charge in [-0.25, -0.2) is 9.69 Å². The number of nitrogens with zero attached hydrogens (tertiary/aromatic N) is 1. The molecule has 0 aliphatic heterocycles. The van der Waals surface area contributed by atoms with Crippen molar-refractivity contribution in [2.24, 2.45) is 0 Å². The molecule has 18 heavy (non-hydrogen) atoms. The van der Waals surface area contributed by atoms with E-state index in [1.54, 1.807) is 24.3 Å². The highest BCUT2D eigenvalue weighted by atomic mass is 16.4. The number of carboxylic acid groups (broad SMARTS) is 1. The Balaban J connectivity index is 2.43. The Morgan fingerprint density at radius 2 is 1.44 bits per heavy atom. The molecule has 5 heteroatoms. The molecule has 0 radical (unpaired) electrons. The van der Waals surface area contributed by atoms with Gasteiger partial charge in [0.05, 0.1) is 11.4 Å².